The van der Waals surface area contributed by atoms with Gasteiger partial charge in [-0.25, -0.2) is 0 Å². The minimum atomic E-state index is -0.367. The Balaban J connectivity index is 2.31. The summed E-state index contributed by atoms with van der Waals surface area (Å²) in [5.74, 6) is 0. The van der Waals surface area contributed by atoms with E-state index in [2.05, 4.69) is 10.2 Å². The van der Waals surface area contributed by atoms with Crippen molar-refractivity contribution >= 4 is 17.1 Å². The van der Waals surface area contributed by atoms with E-state index in [9.17, 15) is 10.1 Å². The second kappa shape index (κ2) is 5.22. The number of morpholine rings is 1. The Morgan fingerprint density at radius 1 is 1.50 bits per heavy atom. The van der Waals surface area contributed by atoms with E-state index in [4.69, 9.17) is 4.74 Å². The SMILES string of the molecule is CNc1cc(N2CCOC(C)C2)cc([N+](=O)[O-])c1. The highest BCUT2D eigenvalue weighted by atomic mass is 16.6. The summed E-state index contributed by atoms with van der Waals surface area (Å²) in [5, 5.41) is 13.9. The quantitative estimate of drug-likeness (QED) is 0.656. The van der Waals surface area contributed by atoms with Crippen LogP contribution in [0, 0.1) is 10.1 Å². The second-order valence-electron chi connectivity index (χ2n) is 4.37. The van der Waals surface area contributed by atoms with Gasteiger partial charge in [-0.15, -0.1) is 0 Å². The molecule has 6 nitrogen and oxygen atoms in total. The highest BCUT2D eigenvalue weighted by molar-refractivity contribution is 5.64. The summed E-state index contributed by atoms with van der Waals surface area (Å²) < 4.78 is 5.47. The van der Waals surface area contributed by atoms with Crippen LogP contribution in [0.3, 0.4) is 0 Å². The zero-order valence-electron chi connectivity index (χ0n) is 10.5. The Morgan fingerprint density at radius 3 is 2.89 bits per heavy atom. The molecule has 2 rings (SSSR count). The molecule has 1 heterocycles. The molecule has 0 bridgehead atoms. The van der Waals surface area contributed by atoms with Gasteiger partial charge >= 0.3 is 0 Å². The molecule has 1 aliphatic rings. The number of hydrogen-bond acceptors (Lipinski definition) is 5. The van der Waals surface area contributed by atoms with Crippen LogP contribution in [-0.2, 0) is 4.74 Å². The molecule has 6 heteroatoms. The van der Waals surface area contributed by atoms with E-state index in [-0.39, 0.29) is 16.7 Å². The largest absolute Gasteiger partial charge is 0.388 e. The number of rotatable bonds is 3. The molecular formula is C12H17N3O3. The number of non-ortho nitro benzene ring substituents is 1. The third-order valence-corrected chi connectivity index (χ3v) is 3.01. The number of anilines is 2. The number of ether oxygens (including phenoxy) is 1. The van der Waals surface area contributed by atoms with Crippen LogP contribution in [0.25, 0.3) is 0 Å². The third-order valence-electron chi connectivity index (χ3n) is 3.01. The number of nitrogens with zero attached hydrogens (tertiary/aromatic N) is 2. The summed E-state index contributed by atoms with van der Waals surface area (Å²) in [7, 11) is 1.75. The van der Waals surface area contributed by atoms with Crippen LogP contribution in [0.1, 0.15) is 6.92 Å². The van der Waals surface area contributed by atoms with E-state index in [1.807, 2.05) is 13.0 Å². The molecule has 1 aliphatic heterocycles. The fourth-order valence-electron chi connectivity index (χ4n) is 2.08. The summed E-state index contributed by atoms with van der Waals surface area (Å²) in [4.78, 5) is 12.6. The Labute approximate surface area is 106 Å². The molecular weight excluding hydrogens is 234 g/mol. The highest BCUT2D eigenvalue weighted by Crippen LogP contribution is 2.27. The van der Waals surface area contributed by atoms with Crippen molar-refractivity contribution in [3.63, 3.8) is 0 Å². The molecule has 18 heavy (non-hydrogen) atoms. The first-order valence-corrected chi connectivity index (χ1v) is 5.94. The number of nitro benzene ring substituents is 1. The molecule has 1 atom stereocenters. The summed E-state index contributed by atoms with van der Waals surface area (Å²) >= 11 is 0. The van der Waals surface area contributed by atoms with Gasteiger partial charge in [-0.3, -0.25) is 10.1 Å². The number of hydrogen-bond donors (Lipinski definition) is 1. The van der Waals surface area contributed by atoms with Gasteiger partial charge in [-0.1, -0.05) is 0 Å². The fourth-order valence-corrected chi connectivity index (χ4v) is 2.08. The molecule has 98 valence electrons. The van der Waals surface area contributed by atoms with Gasteiger partial charge in [0.25, 0.3) is 5.69 Å². The molecule has 1 unspecified atom stereocenters. The van der Waals surface area contributed by atoms with Crippen LogP contribution in [-0.4, -0.2) is 37.8 Å². The maximum absolute atomic E-state index is 10.9. The van der Waals surface area contributed by atoms with Crippen molar-refractivity contribution in [1.82, 2.24) is 0 Å². The van der Waals surface area contributed by atoms with Crippen LogP contribution in [0.4, 0.5) is 17.1 Å². The zero-order valence-corrected chi connectivity index (χ0v) is 10.5. The molecule has 0 radical (unpaired) electrons. The average molecular weight is 251 g/mol. The molecule has 0 saturated carbocycles. The maximum atomic E-state index is 10.9. The molecule has 1 N–H and O–H groups in total. The zero-order chi connectivity index (χ0) is 13.1. The Kier molecular flexibility index (Phi) is 3.66. The van der Waals surface area contributed by atoms with Gasteiger partial charge in [0.1, 0.15) is 0 Å². The second-order valence-corrected chi connectivity index (χ2v) is 4.37. The van der Waals surface area contributed by atoms with Crippen molar-refractivity contribution < 1.29 is 9.66 Å². The van der Waals surface area contributed by atoms with E-state index >= 15 is 0 Å². The molecule has 1 saturated heterocycles. The lowest BCUT2D eigenvalue weighted by molar-refractivity contribution is -0.384. The minimum absolute atomic E-state index is 0.107. The van der Waals surface area contributed by atoms with Crippen molar-refractivity contribution in [3.05, 3.63) is 28.3 Å². The van der Waals surface area contributed by atoms with Crippen LogP contribution in [0.15, 0.2) is 18.2 Å². The van der Waals surface area contributed by atoms with Crippen molar-refractivity contribution in [1.29, 1.82) is 0 Å². The third kappa shape index (κ3) is 2.70. The molecule has 0 aromatic heterocycles. The van der Waals surface area contributed by atoms with Gasteiger partial charge in [0, 0.05) is 43.6 Å². The number of nitrogens with one attached hydrogen (secondary N) is 1. The van der Waals surface area contributed by atoms with Crippen LogP contribution >= 0.6 is 0 Å². The van der Waals surface area contributed by atoms with E-state index in [0.717, 1.165) is 24.5 Å². The molecule has 0 spiro atoms. The van der Waals surface area contributed by atoms with Crippen LogP contribution in [0.5, 0.6) is 0 Å². The van der Waals surface area contributed by atoms with Gasteiger partial charge in [-0.2, -0.15) is 0 Å². The Bertz CT molecular complexity index is 450. The average Bonchev–Trinajstić information content (AvgIpc) is 2.38. The molecule has 1 aromatic rings. The van der Waals surface area contributed by atoms with Gasteiger partial charge in [-0.05, 0) is 13.0 Å². The fraction of sp³-hybridized carbons (Fsp3) is 0.500. The Hall–Kier alpha value is -1.82. The van der Waals surface area contributed by atoms with E-state index in [1.165, 1.54) is 6.07 Å². The summed E-state index contributed by atoms with van der Waals surface area (Å²) in [6, 6.07) is 5.07. The normalized spacial score (nSPS) is 19.7. The van der Waals surface area contributed by atoms with E-state index in [1.54, 1.807) is 13.1 Å². The van der Waals surface area contributed by atoms with Crippen LogP contribution < -0.4 is 10.2 Å². The number of benzene rings is 1. The van der Waals surface area contributed by atoms with Crippen molar-refractivity contribution in [2.24, 2.45) is 0 Å². The lowest BCUT2D eigenvalue weighted by atomic mass is 10.2. The Morgan fingerprint density at radius 2 is 2.28 bits per heavy atom. The molecule has 1 fully saturated rings. The predicted molar refractivity (Wildman–Crippen MR) is 70.3 cm³/mol. The molecule has 1 aromatic carbocycles. The molecule has 0 amide bonds. The predicted octanol–water partition coefficient (Wildman–Crippen LogP) is 1.86. The summed E-state index contributed by atoms with van der Waals surface area (Å²) in [5.41, 5.74) is 1.72. The standard InChI is InChI=1S/C12H17N3O3/c1-9-8-14(3-4-18-9)11-5-10(13-2)6-12(7-11)15(16)17/h5-7,9,13H,3-4,8H2,1-2H3. The lowest BCUT2D eigenvalue weighted by Crippen LogP contribution is -2.41. The van der Waals surface area contributed by atoms with E-state index in [0.29, 0.717) is 6.61 Å². The van der Waals surface area contributed by atoms with Crippen molar-refractivity contribution in [2.75, 3.05) is 37.0 Å². The van der Waals surface area contributed by atoms with Gasteiger partial charge < -0.3 is 15.0 Å². The van der Waals surface area contributed by atoms with Gasteiger partial charge in [0.05, 0.1) is 17.6 Å². The highest BCUT2D eigenvalue weighted by Gasteiger charge is 2.19. The monoisotopic (exact) mass is 251 g/mol. The van der Waals surface area contributed by atoms with Crippen molar-refractivity contribution in [2.45, 2.75) is 13.0 Å². The van der Waals surface area contributed by atoms with Crippen molar-refractivity contribution in [3.8, 4) is 0 Å². The topological polar surface area (TPSA) is 67.6 Å². The summed E-state index contributed by atoms with van der Waals surface area (Å²) in [6.07, 6.45) is 0.149. The first kappa shape index (κ1) is 12.6. The number of nitro groups is 1. The van der Waals surface area contributed by atoms with Gasteiger partial charge in [0.2, 0.25) is 0 Å². The first-order chi connectivity index (χ1) is 8.60. The molecule has 0 aliphatic carbocycles. The van der Waals surface area contributed by atoms with Crippen LogP contribution in [0.2, 0.25) is 0 Å². The summed E-state index contributed by atoms with van der Waals surface area (Å²) in [6.45, 7) is 4.17. The smallest absolute Gasteiger partial charge is 0.273 e. The van der Waals surface area contributed by atoms with Gasteiger partial charge in [0.15, 0.2) is 0 Å². The minimum Gasteiger partial charge on any atom is -0.388 e. The lowest BCUT2D eigenvalue weighted by Gasteiger charge is -2.33. The first-order valence-electron chi connectivity index (χ1n) is 5.94. The van der Waals surface area contributed by atoms with E-state index < -0.39 is 0 Å². The maximum Gasteiger partial charge on any atom is 0.273 e.